The first-order valence-corrected chi connectivity index (χ1v) is 31.3. The van der Waals surface area contributed by atoms with Crippen molar-refractivity contribution in [3.63, 3.8) is 0 Å². The molecule has 0 saturated heterocycles. The van der Waals surface area contributed by atoms with E-state index in [0.29, 0.717) is 53.6 Å². The lowest BCUT2D eigenvalue weighted by Gasteiger charge is -2.55. The van der Waals surface area contributed by atoms with E-state index in [1.165, 1.54) is 145 Å². The van der Waals surface area contributed by atoms with Gasteiger partial charge in [-0.25, -0.2) is 0 Å². The molecule has 6 saturated carbocycles. The Morgan fingerprint density at radius 3 is 1.31 bits per heavy atom. The molecular weight excluding hydrogens is 873 g/mol. The Morgan fingerprint density at radius 1 is 0.389 bits per heavy atom. The van der Waals surface area contributed by atoms with Crippen LogP contribution in [-0.4, -0.2) is 24.7 Å². The van der Waals surface area contributed by atoms with Crippen LogP contribution in [0.4, 0.5) is 5.69 Å². The molecular formula is C68H106N4. The molecule has 0 spiro atoms. The van der Waals surface area contributed by atoms with Crippen molar-refractivity contribution in [2.75, 3.05) is 11.9 Å². The summed E-state index contributed by atoms with van der Waals surface area (Å²) in [6.07, 6.45) is 32.1. The Labute approximate surface area is 441 Å². The third-order valence-corrected chi connectivity index (χ3v) is 22.6. The Morgan fingerprint density at radius 2 is 0.806 bits per heavy atom. The summed E-state index contributed by atoms with van der Waals surface area (Å²) in [5, 5.41) is 3.68. The zero-order chi connectivity index (χ0) is 50.3. The molecule has 0 aromatic heterocycles. The van der Waals surface area contributed by atoms with Crippen LogP contribution in [0, 0.1) is 90.8 Å². The highest BCUT2D eigenvalue weighted by atomic mass is 14.9. The quantitative estimate of drug-likeness (QED) is 0.108. The fourth-order valence-corrected chi connectivity index (χ4v) is 18.3. The molecule has 72 heavy (non-hydrogen) atoms. The van der Waals surface area contributed by atoms with E-state index in [4.69, 9.17) is 17.2 Å². The lowest BCUT2D eigenvalue weighted by Crippen LogP contribution is -2.50. The Hall–Kier alpha value is -2.66. The molecule has 4 nitrogen and oxygen atoms in total. The minimum absolute atomic E-state index is 0.301. The van der Waals surface area contributed by atoms with Gasteiger partial charge in [-0.3, -0.25) is 0 Å². The van der Waals surface area contributed by atoms with Gasteiger partial charge in [0, 0.05) is 30.4 Å². The van der Waals surface area contributed by atoms with E-state index in [-0.39, 0.29) is 0 Å². The summed E-state index contributed by atoms with van der Waals surface area (Å²) in [7, 11) is 0. The average Bonchev–Trinajstić information content (AvgIpc) is 3.44. The average molecular weight is 980 g/mol. The highest BCUT2D eigenvalue weighted by Crippen LogP contribution is 2.60. The molecule has 9 rings (SSSR count). The number of hydrogen-bond acceptors (Lipinski definition) is 4. The SMILES string of the molecule is CCCNc1ccc(C2CCC(C3CCC(C(N)CC)C(C4CC(C5CCC(c6ccc(C)cc6)CC5)CCC4C(N)CC)C3)C(C3CC(c4ccc(C)cc4)CCC3C3CCC(C(N)CC)CC3)C2)cc1. The topological polar surface area (TPSA) is 90.1 Å². The van der Waals surface area contributed by atoms with Crippen molar-refractivity contribution in [2.24, 2.45) is 94.1 Å². The van der Waals surface area contributed by atoms with Gasteiger partial charge in [-0.15, -0.1) is 0 Å². The molecule has 4 heteroatoms. The molecule has 0 aliphatic heterocycles. The zero-order valence-corrected chi connectivity index (χ0v) is 46.8. The first-order chi connectivity index (χ1) is 35.0. The van der Waals surface area contributed by atoms with Gasteiger partial charge in [0.25, 0.3) is 0 Å². The van der Waals surface area contributed by atoms with Crippen molar-refractivity contribution in [1.82, 2.24) is 0 Å². The van der Waals surface area contributed by atoms with Crippen molar-refractivity contribution < 1.29 is 0 Å². The van der Waals surface area contributed by atoms with Gasteiger partial charge in [-0.1, -0.05) is 99.5 Å². The monoisotopic (exact) mass is 979 g/mol. The van der Waals surface area contributed by atoms with Crippen LogP contribution in [0.2, 0.25) is 0 Å². The van der Waals surface area contributed by atoms with Crippen LogP contribution in [-0.2, 0) is 0 Å². The molecule has 7 N–H and O–H groups in total. The van der Waals surface area contributed by atoms with Gasteiger partial charge >= 0.3 is 0 Å². The summed E-state index contributed by atoms with van der Waals surface area (Å²) >= 11 is 0. The maximum Gasteiger partial charge on any atom is 0.0340 e. The van der Waals surface area contributed by atoms with Crippen LogP contribution in [0.15, 0.2) is 72.8 Å². The highest BCUT2D eigenvalue weighted by molar-refractivity contribution is 5.45. The lowest BCUT2D eigenvalue weighted by atomic mass is 9.50. The molecule has 6 fully saturated rings. The largest absolute Gasteiger partial charge is 0.385 e. The Bertz CT molecular complexity index is 2040. The number of aryl methyl sites for hydroxylation is 2. The van der Waals surface area contributed by atoms with Gasteiger partial charge in [0.15, 0.2) is 0 Å². The number of benzene rings is 3. The van der Waals surface area contributed by atoms with Gasteiger partial charge in [-0.2, -0.15) is 0 Å². The molecule has 0 radical (unpaired) electrons. The first kappa shape index (κ1) is 54.1. The molecule has 6 aliphatic carbocycles. The predicted octanol–water partition coefficient (Wildman–Crippen LogP) is 16.9. The van der Waals surface area contributed by atoms with Crippen molar-refractivity contribution in [3.8, 4) is 0 Å². The molecule has 0 heterocycles. The van der Waals surface area contributed by atoms with Crippen molar-refractivity contribution >= 4 is 5.69 Å². The van der Waals surface area contributed by atoms with Crippen molar-refractivity contribution in [3.05, 3.63) is 101 Å². The molecule has 3 aromatic carbocycles. The van der Waals surface area contributed by atoms with E-state index in [9.17, 15) is 0 Å². The van der Waals surface area contributed by atoms with Crippen LogP contribution >= 0.6 is 0 Å². The number of anilines is 1. The van der Waals surface area contributed by atoms with Crippen LogP contribution in [0.3, 0.4) is 0 Å². The maximum absolute atomic E-state index is 7.42. The smallest absolute Gasteiger partial charge is 0.0340 e. The third kappa shape index (κ3) is 12.6. The fourth-order valence-electron chi connectivity index (χ4n) is 18.3. The van der Waals surface area contributed by atoms with E-state index in [2.05, 4.69) is 120 Å². The van der Waals surface area contributed by atoms with Gasteiger partial charge in [0.1, 0.15) is 0 Å². The second-order valence-corrected chi connectivity index (χ2v) is 26.4. The van der Waals surface area contributed by atoms with Gasteiger partial charge in [-0.05, 0) is 291 Å². The van der Waals surface area contributed by atoms with E-state index in [0.717, 1.165) is 91.4 Å². The minimum Gasteiger partial charge on any atom is -0.385 e. The molecule has 15 unspecified atom stereocenters. The number of nitrogens with one attached hydrogen (secondary N) is 1. The third-order valence-electron chi connectivity index (χ3n) is 22.6. The Kier molecular flexibility index (Phi) is 19.1. The second kappa shape index (κ2) is 25.5. The second-order valence-electron chi connectivity index (χ2n) is 26.4. The van der Waals surface area contributed by atoms with E-state index in [1.54, 1.807) is 16.7 Å². The van der Waals surface area contributed by atoms with Crippen LogP contribution < -0.4 is 22.5 Å². The molecule has 0 amide bonds. The molecule has 6 aliphatic rings. The predicted molar refractivity (Wildman–Crippen MR) is 308 cm³/mol. The normalized spacial score (nSPS) is 37.1. The number of nitrogens with two attached hydrogens (primary N) is 3. The van der Waals surface area contributed by atoms with Crippen molar-refractivity contribution in [1.29, 1.82) is 0 Å². The summed E-state index contributed by atoms with van der Waals surface area (Å²) in [6.45, 7) is 14.9. The van der Waals surface area contributed by atoms with E-state index >= 15 is 0 Å². The van der Waals surface area contributed by atoms with Gasteiger partial charge in [0.2, 0.25) is 0 Å². The molecule has 15 atom stereocenters. The summed E-state index contributed by atoms with van der Waals surface area (Å²) in [4.78, 5) is 0. The molecule has 0 bridgehead atoms. The summed E-state index contributed by atoms with van der Waals surface area (Å²) < 4.78 is 0. The van der Waals surface area contributed by atoms with Gasteiger partial charge < -0.3 is 22.5 Å². The van der Waals surface area contributed by atoms with Gasteiger partial charge in [0.05, 0.1) is 0 Å². The van der Waals surface area contributed by atoms with Crippen LogP contribution in [0.1, 0.15) is 227 Å². The Balaban J connectivity index is 1.02. The van der Waals surface area contributed by atoms with Crippen molar-refractivity contribution in [2.45, 2.75) is 232 Å². The lowest BCUT2D eigenvalue weighted by molar-refractivity contribution is -0.0382. The standard InChI is InChI=1S/C68H106N4/c1-7-39-72-57-33-27-50(28-34-57)54-30-36-59(63(41-54)62-40-53(48-17-13-45(6)14-18-48)29-35-58(62)51-23-25-52(26-24-51)66(69)8-2)56-32-38-61(68(71)10-4)65(43-56)64-42-55(31-37-60(64)67(70)9-3)49-21-19-47(20-22-49)46-15-11-44(5)12-16-46/h11-18,27-28,33-34,47,49,51-56,58-68,72H,7-10,19-26,29-32,35-43,69-71H2,1-6H3. The highest BCUT2D eigenvalue weighted by Gasteiger charge is 2.51. The number of rotatable bonds is 17. The maximum atomic E-state index is 7.42. The molecule has 398 valence electrons. The number of hydrogen-bond donors (Lipinski definition) is 4. The fraction of sp³-hybridized carbons (Fsp3) is 0.735. The van der Waals surface area contributed by atoms with Crippen LogP contribution in [0.25, 0.3) is 0 Å². The van der Waals surface area contributed by atoms with E-state index in [1.807, 2.05) is 0 Å². The summed E-state index contributed by atoms with van der Waals surface area (Å²) in [5.74, 6) is 12.0. The minimum atomic E-state index is 0.301. The first-order valence-electron chi connectivity index (χ1n) is 31.3. The summed E-state index contributed by atoms with van der Waals surface area (Å²) in [6, 6.07) is 30.2. The van der Waals surface area contributed by atoms with E-state index < -0.39 is 0 Å². The molecule has 3 aromatic rings. The zero-order valence-electron chi connectivity index (χ0n) is 46.8. The van der Waals surface area contributed by atoms with Crippen LogP contribution in [0.5, 0.6) is 0 Å². The summed E-state index contributed by atoms with van der Waals surface area (Å²) in [5.41, 5.74) is 30.4.